The van der Waals surface area contributed by atoms with Crippen molar-refractivity contribution in [3.8, 4) is 23.3 Å². The van der Waals surface area contributed by atoms with Crippen molar-refractivity contribution in [2.24, 2.45) is 0 Å². The summed E-state index contributed by atoms with van der Waals surface area (Å²) in [4.78, 5) is 7.43. The summed E-state index contributed by atoms with van der Waals surface area (Å²) >= 11 is 0. The highest BCUT2D eigenvalue weighted by Crippen LogP contribution is 2.26. The summed E-state index contributed by atoms with van der Waals surface area (Å²) in [6, 6.07) is 4.52. The highest BCUT2D eigenvalue weighted by Gasteiger charge is 2.30. The van der Waals surface area contributed by atoms with E-state index >= 15 is 0 Å². The minimum Gasteiger partial charge on any atom is -0.509 e. The van der Waals surface area contributed by atoms with E-state index in [0.717, 1.165) is 24.5 Å². The first-order valence-electron chi connectivity index (χ1n) is 5.70. The van der Waals surface area contributed by atoms with Crippen molar-refractivity contribution in [3.05, 3.63) is 36.7 Å². The van der Waals surface area contributed by atoms with Gasteiger partial charge >= 0.3 is 19.7 Å². The lowest BCUT2D eigenvalue weighted by atomic mass is 10.2. The molecule has 2 rings (SSSR count). The van der Waals surface area contributed by atoms with E-state index in [1.165, 1.54) is 12.1 Å². The highest BCUT2D eigenvalue weighted by molar-refractivity contribution is 6.33. The van der Waals surface area contributed by atoms with E-state index in [1.807, 2.05) is 0 Å². The van der Waals surface area contributed by atoms with Crippen LogP contribution < -0.4 is 14.1 Å². The number of rotatable bonds is 5. The van der Waals surface area contributed by atoms with Crippen molar-refractivity contribution in [3.63, 3.8) is 0 Å². The zero-order chi connectivity index (χ0) is 16.2. The third kappa shape index (κ3) is 5.11. The average molecular weight is 316 g/mol. The van der Waals surface area contributed by atoms with Gasteiger partial charge in [0.1, 0.15) is 17.2 Å². The molecule has 1 aromatic heterocycles. The maximum Gasteiger partial charge on any atom is 0.707 e. The molecule has 0 saturated heterocycles. The molecule has 0 fully saturated rings. The van der Waals surface area contributed by atoms with Gasteiger partial charge in [-0.1, -0.05) is 0 Å². The Hall–Kier alpha value is -2.53. The Kier molecular flexibility index (Phi) is 4.68. The first kappa shape index (κ1) is 15.9. The Morgan fingerprint density at radius 3 is 1.95 bits per heavy atom. The second kappa shape index (κ2) is 6.49. The Morgan fingerprint density at radius 1 is 0.909 bits per heavy atom. The van der Waals surface area contributed by atoms with Crippen LogP contribution in [0.3, 0.4) is 0 Å². The largest absolute Gasteiger partial charge is 0.707 e. The molecule has 0 saturated carbocycles. The molecule has 2 N–H and O–H groups in total. The summed E-state index contributed by atoms with van der Waals surface area (Å²) in [6.45, 7) is 0. The summed E-state index contributed by atoms with van der Waals surface area (Å²) in [5.41, 5.74) is 0. The van der Waals surface area contributed by atoms with Gasteiger partial charge in [0.2, 0.25) is 0 Å². The van der Waals surface area contributed by atoms with Crippen LogP contribution in [-0.2, 0) is 0 Å². The fourth-order valence-corrected chi connectivity index (χ4v) is 1.35. The van der Waals surface area contributed by atoms with Crippen molar-refractivity contribution in [2.75, 3.05) is 0 Å². The number of hydrogen-bond donors (Lipinski definition) is 2. The second-order valence-corrected chi connectivity index (χ2v) is 3.77. The molecule has 11 heteroatoms. The molecule has 0 aliphatic rings. The minimum atomic E-state index is -4.77. The molecular formula is C11H8BF3N2O5. The molecule has 2 aromatic rings. The lowest BCUT2D eigenvalue weighted by Crippen LogP contribution is -2.20. The molecule has 1 heterocycles. The van der Waals surface area contributed by atoms with Crippen molar-refractivity contribution < 1.29 is 37.3 Å². The highest BCUT2D eigenvalue weighted by atomic mass is 19.4. The topological polar surface area (TPSA) is 93.9 Å². The molecule has 116 valence electrons. The van der Waals surface area contributed by atoms with Gasteiger partial charge in [-0.05, 0) is 24.3 Å². The summed E-state index contributed by atoms with van der Waals surface area (Å²) in [5.74, 6) is -0.205. The van der Waals surface area contributed by atoms with Gasteiger partial charge in [-0.3, -0.25) is 0 Å². The van der Waals surface area contributed by atoms with Crippen LogP contribution in [0, 0.1) is 0 Å². The lowest BCUT2D eigenvalue weighted by Gasteiger charge is -2.09. The van der Waals surface area contributed by atoms with E-state index < -0.39 is 13.7 Å². The van der Waals surface area contributed by atoms with Crippen LogP contribution in [0.4, 0.5) is 13.2 Å². The van der Waals surface area contributed by atoms with Gasteiger partial charge in [-0.15, -0.1) is 13.2 Å². The first-order chi connectivity index (χ1) is 10.3. The quantitative estimate of drug-likeness (QED) is 0.808. The molecule has 0 spiro atoms. The smallest absolute Gasteiger partial charge is 0.509 e. The molecule has 0 radical (unpaired) electrons. The Bertz CT molecular complexity index is 607. The van der Waals surface area contributed by atoms with Crippen molar-refractivity contribution in [1.29, 1.82) is 0 Å². The maximum atomic E-state index is 12.0. The van der Waals surface area contributed by atoms with Crippen molar-refractivity contribution >= 4 is 7.32 Å². The van der Waals surface area contributed by atoms with Gasteiger partial charge in [-0.2, -0.15) is 9.97 Å². The first-order valence-corrected chi connectivity index (χ1v) is 5.70. The zero-order valence-corrected chi connectivity index (χ0v) is 10.7. The molecule has 22 heavy (non-hydrogen) atoms. The standard InChI is InChI=1S/C11H8BF3N2O5/c13-11(14,15)21-8-3-1-7(2-4-8)20-10-16-5-9(6-17-10)22-12(18)19/h1-6,18-19H. The van der Waals surface area contributed by atoms with Gasteiger partial charge in [0.05, 0.1) is 12.4 Å². The van der Waals surface area contributed by atoms with E-state index in [1.54, 1.807) is 0 Å². The summed E-state index contributed by atoms with van der Waals surface area (Å²) in [6.07, 6.45) is -2.51. The molecule has 0 aliphatic heterocycles. The van der Waals surface area contributed by atoms with E-state index in [0.29, 0.717) is 0 Å². The van der Waals surface area contributed by atoms with Crippen molar-refractivity contribution in [2.45, 2.75) is 6.36 Å². The minimum absolute atomic E-state index is 0.00345. The molecular weight excluding hydrogens is 308 g/mol. The SMILES string of the molecule is OB(O)Oc1cnc(Oc2ccc(OC(F)(F)F)cc2)nc1. The molecule has 0 amide bonds. The number of alkyl halides is 3. The normalized spacial score (nSPS) is 11.0. The molecule has 1 aromatic carbocycles. The number of halogens is 3. The summed E-state index contributed by atoms with van der Waals surface area (Å²) < 4.78 is 49.4. The number of hydrogen-bond acceptors (Lipinski definition) is 7. The third-order valence-corrected chi connectivity index (χ3v) is 2.11. The van der Waals surface area contributed by atoms with Crippen LogP contribution in [0.25, 0.3) is 0 Å². The van der Waals surface area contributed by atoms with Gasteiger partial charge in [0.15, 0.2) is 0 Å². The van der Waals surface area contributed by atoms with Crippen LogP contribution in [0.2, 0.25) is 0 Å². The monoisotopic (exact) mass is 316 g/mol. The average Bonchev–Trinajstić information content (AvgIpc) is 2.41. The molecule has 0 atom stereocenters. The van der Waals surface area contributed by atoms with E-state index in [9.17, 15) is 13.2 Å². The zero-order valence-electron chi connectivity index (χ0n) is 10.7. The van der Waals surface area contributed by atoms with Crippen LogP contribution in [0.15, 0.2) is 36.7 Å². The third-order valence-electron chi connectivity index (χ3n) is 2.11. The second-order valence-electron chi connectivity index (χ2n) is 3.77. The Labute approximate surface area is 122 Å². The molecule has 0 unspecified atom stereocenters. The van der Waals surface area contributed by atoms with Crippen molar-refractivity contribution in [1.82, 2.24) is 9.97 Å². The van der Waals surface area contributed by atoms with Crippen LogP contribution in [0.5, 0.6) is 23.3 Å². The number of benzene rings is 1. The van der Waals surface area contributed by atoms with Crippen LogP contribution in [-0.4, -0.2) is 33.7 Å². The maximum absolute atomic E-state index is 12.0. The van der Waals surface area contributed by atoms with E-state index in [2.05, 4.69) is 19.4 Å². The Morgan fingerprint density at radius 2 is 1.45 bits per heavy atom. The molecule has 0 bridgehead atoms. The van der Waals surface area contributed by atoms with E-state index in [-0.39, 0.29) is 23.3 Å². The van der Waals surface area contributed by atoms with Crippen LogP contribution in [0.1, 0.15) is 0 Å². The van der Waals surface area contributed by atoms with Crippen LogP contribution >= 0.6 is 0 Å². The predicted octanol–water partition coefficient (Wildman–Crippen LogP) is 1.52. The number of ether oxygens (including phenoxy) is 2. The van der Waals surface area contributed by atoms with E-state index in [4.69, 9.17) is 14.8 Å². The molecule has 0 aliphatic carbocycles. The van der Waals surface area contributed by atoms with Gasteiger partial charge in [0.25, 0.3) is 0 Å². The van der Waals surface area contributed by atoms with Gasteiger partial charge in [0, 0.05) is 0 Å². The molecule has 7 nitrogen and oxygen atoms in total. The fraction of sp³-hybridized carbons (Fsp3) is 0.0909. The van der Waals surface area contributed by atoms with Gasteiger partial charge < -0.3 is 24.2 Å². The number of nitrogens with zero attached hydrogens (tertiary/aromatic N) is 2. The Balaban J connectivity index is 1.98. The predicted molar refractivity (Wildman–Crippen MR) is 66.1 cm³/mol. The summed E-state index contributed by atoms with van der Waals surface area (Å²) in [5, 5.41) is 17.1. The van der Waals surface area contributed by atoms with Gasteiger partial charge in [-0.25, -0.2) is 0 Å². The summed E-state index contributed by atoms with van der Waals surface area (Å²) in [7, 11) is -2.00. The number of aromatic nitrogens is 2. The lowest BCUT2D eigenvalue weighted by molar-refractivity contribution is -0.274. The fourth-order valence-electron chi connectivity index (χ4n) is 1.35.